The van der Waals surface area contributed by atoms with E-state index in [4.69, 9.17) is 4.74 Å². The van der Waals surface area contributed by atoms with Crippen molar-refractivity contribution in [3.8, 4) is 0 Å². The lowest BCUT2D eigenvalue weighted by atomic mass is 10.1. The van der Waals surface area contributed by atoms with Crippen molar-refractivity contribution in [2.75, 3.05) is 44.2 Å². The SMILES string of the molecule is CCOC(=O)N1CCN(C(=O)[C@@H]2CCCN2S(=O)(=O)c2ccc3c(c2)C[C@H](C)N3C(C)=O)CC1. The van der Waals surface area contributed by atoms with Gasteiger partial charge in [-0.15, -0.1) is 0 Å². The van der Waals surface area contributed by atoms with Crippen molar-refractivity contribution in [1.29, 1.82) is 0 Å². The zero-order chi connectivity index (χ0) is 24.6. The van der Waals surface area contributed by atoms with E-state index >= 15 is 0 Å². The molecule has 0 saturated carbocycles. The number of fused-ring (bicyclic) bond motifs is 1. The van der Waals surface area contributed by atoms with Crippen molar-refractivity contribution in [3.05, 3.63) is 23.8 Å². The Kier molecular flexibility index (Phi) is 6.86. The second-order valence-electron chi connectivity index (χ2n) is 9.02. The Balaban J connectivity index is 1.49. The summed E-state index contributed by atoms with van der Waals surface area (Å²) in [7, 11) is -3.88. The minimum atomic E-state index is -3.88. The first-order valence-electron chi connectivity index (χ1n) is 11.8. The molecule has 3 amide bonds. The number of sulfonamides is 1. The monoisotopic (exact) mass is 492 g/mol. The highest BCUT2D eigenvalue weighted by atomic mass is 32.2. The molecular formula is C23H32N4O6S. The van der Waals surface area contributed by atoms with Crippen molar-refractivity contribution < 1.29 is 27.5 Å². The number of hydrogen-bond donors (Lipinski definition) is 0. The standard InChI is InChI=1S/C23H32N4O6S/c1-4-33-23(30)25-12-10-24(11-13-25)22(29)21-6-5-9-26(21)34(31,32)19-7-8-20-18(15-19)14-16(2)27(20)17(3)28/h7-8,15-16,21H,4-6,9-14H2,1-3H3/t16-,21-/m0/s1. The average Bonchev–Trinajstić information content (AvgIpc) is 3.42. The van der Waals surface area contributed by atoms with Gasteiger partial charge in [0.1, 0.15) is 6.04 Å². The smallest absolute Gasteiger partial charge is 0.409 e. The van der Waals surface area contributed by atoms with Gasteiger partial charge in [0.2, 0.25) is 21.8 Å². The van der Waals surface area contributed by atoms with Crippen LogP contribution in [0.4, 0.5) is 10.5 Å². The van der Waals surface area contributed by atoms with Gasteiger partial charge in [0.05, 0.1) is 11.5 Å². The van der Waals surface area contributed by atoms with Crippen molar-refractivity contribution in [2.45, 2.75) is 57.0 Å². The van der Waals surface area contributed by atoms with Gasteiger partial charge >= 0.3 is 6.09 Å². The Labute approximate surface area is 200 Å². The number of hydrogen-bond acceptors (Lipinski definition) is 6. The topological polar surface area (TPSA) is 108 Å². The van der Waals surface area contributed by atoms with E-state index in [1.54, 1.807) is 33.8 Å². The summed E-state index contributed by atoms with van der Waals surface area (Å²) in [6.45, 7) is 7.18. The fraction of sp³-hybridized carbons (Fsp3) is 0.609. The number of amides is 3. The molecule has 0 bridgehead atoms. The average molecular weight is 493 g/mol. The molecule has 34 heavy (non-hydrogen) atoms. The highest BCUT2D eigenvalue weighted by Gasteiger charge is 2.42. The van der Waals surface area contributed by atoms with Crippen molar-refractivity contribution in [2.24, 2.45) is 0 Å². The van der Waals surface area contributed by atoms with E-state index < -0.39 is 22.2 Å². The molecule has 4 rings (SSSR count). The van der Waals surface area contributed by atoms with E-state index in [9.17, 15) is 22.8 Å². The van der Waals surface area contributed by atoms with Gasteiger partial charge in [-0.2, -0.15) is 4.31 Å². The van der Waals surface area contributed by atoms with E-state index in [0.717, 1.165) is 11.3 Å². The number of anilines is 1. The Bertz CT molecular complexity index is 1080. The molecule has 0 aliphatic carbocycles. The summed E-state index contributed by atoms with van der Waals surface area (Å²) >= 11 is 0. The molecule has 1 aromatic carbocycles. The van der Waals surface area contributed by atoms with Gasteiger partial charge in [-0.25, -0.2) is 13.2 Å². The van der Waals surface area contributed by atoms with Gasteiger partial charge in [0.15, 0.2) is 0 Å². The lowest BCUT2D eigenvalue weighted by Crippen LogP contribution is -2.55. The molecule has 3 heterocycles. The van der Waals surface area contributed by atoms with Gasteiger partial charge in [0.25, 0.3) is 0 Å². The molecule has 3 aliphatic heterocycles. The summed E-state index contributed by atoms with van der Waals surface area (Å²) < 4.78 is 33.4. The van der Waals surface area contributed by atoms with E-state index in [1.807, 2.05) is 6.92 Å². The van der Waals surface area contributed by atoms with Gasteiger partial charge < -0.3 is 19.4 Å². The van der Waals surface area contributed by atoms with Crippen molar-refractivity contribution >= 4 is 33.6 Å². The summed E-state index contributed by atoms with van der Waals surface area (Å²) in [6, 6.07) is 4.08. The summed E-state index contributed by atoms with van der Waals surface area (Å²) in [5.74, 6) is -0.294. The van der Waals surface area contributed by atoms with Crippen LogP contribution in [0, 0.1) is 0 Å². The highest BCUT2D eigenvalue weighted by molar-refractivity contribution is 7.89. The normalized spacial score (nSPS) is 23.2. The fourth-order valence-corrected chi connectivity index (χ4v) is 6.89. The van der Waals surface area contributed by atoms with Gasteiger partial charge in [0, 0.05) is 51.4 Å². The third kappa shape index (κ3) is 4.38. The Morgan fingerprint density at radius 2 is 1.74 bits per heavy atom. The number of benzene rings is 1. The zero-order valence-corrected chi connectivity index (χ0v) is 20.7. The molecule has 2 saturated heterocycles. The highest BCUT2D eigenvalue weighted by Crippen LogP contribution is 2.36. The van der Waals surface area contributed by atoms with Gasteiger partial charge in [-0.1, -0.05) is 0 Å². The third-order valence-electron chi connectivity index (χ3n) is 6.82. The lowest BCUT2D eigenvalue weighted by Gasteiger charge is -2.36. The maximum absolute atomic E-state index is 13.5. The molecule has 3 aliphatic rings. The number of rotatable bonds is 4. The molecule has 0 radical (unpaired) electrons. The third-order valence-corrected chi connectivity index (χ3v) is 8.72. The molecule has 1 aromatic rings. The van der Waals surface area contributed by atoms with Gasteiger partial charge in [-0.3, -0.25) is 9.59 Å². The first-order chi connectivity index (χ1) is 16.1. The Hall–Kier alpha value is -2.66. The Morgan fingerprint density at radius 1 is 1.06 bits per heavy atom. The molecule has 0 aromatic heterocycles. The number of ether oxygens (including phenoxy) is 1. The van der Waals surface area contributed by atoms with Crippen LogP contribution >= 0.6 is 0 Å². The number of carbonyl (C=O) groups is 3. The molecule has 10 nitrogen and oxygen atoms in total. The first-order valence-corrected chi connectivity index (χ1v) is 13.2. The minimum Gasteiger partial charge on any atom is -0.450 e. The zero-order valence-electron chi connectivity index (χ0n) is 19.9. The maximum atomic E-state index is 13.5. The van der Waals surface area contributed by atoms with Crippen LogP contribution in [0.5, 0.6) is 0 Å². The van der Waals surface area contributed by atoms with E-state index in [2.05, 4.69) is 0 Å². The van der Waals surface area contributed by atoms with E-state index in [-0.39, 0.29) is 29.3 Å². The summed E-state index contributed by atoms with van der Waals surface area (Å²) in [5.41, 5.74) is 1.56. The Morgan fingerprint density at radius 3 is 2.38 bits per heavy atom. The molecule has 186 valence electrons. The van der Waals surface area contributed by atoms with Crippen LogP contribution in [-0.2, 0) is 30.8 Å². The molecule has 11 heteroatoms. The van der Waals surface area contributed by atoms with E-state index in [0.29, 0.717) is 52.0 Å². The van der Waals surface area contributed by atoms with E-state index in [1.165, 1.54) is 17.3 Å². The van der Waals surface area contributed by atoms with Crippen LogP contribution in [0.25, 0.3) is 0 Å². The summed E-state index contributed by atoms with van der Waals surface area (Å²) in [5, 5.41) is 0. The lowest BCUT2D eigenvalue weighted by molar-refractivity contribution is -0.136. The molecule has 0 N–H and O–H groups in total. The molecule has 0 spiro atoms. The molecule has 2 fully saturated rings. The number of carbonyl (C=O) groups excluding carboxylic acids is 3. The van der Waals surface area contributed by atoms with Crippen LogP contribution in [0.3, 0.4) is 0 Å². The van der Waals surface area contributed by atoms with Crippen LogP contribution in [0.2, 0.25) is 0 Å². The molecule has 0 unspecified atom stereocenters. The summed E-state index contributed by atoms with van der Waals surface area (Å²) in [4.78, 5) is 42.2. The van der Waals surface area contributed by atoms with Gasteiger partial charge in [-0.05, 0) is 56.9 Å². The number of nitrogens with zero attached hydrogens (tertiary/aromatic N) is 4. The minimum absolute atomic E-state index is 0.0279. The molecular weight excluding hydrogens is 460 g/mol. The van der Waals surface area contributed by atoms with Crippen molar-refractivity contribution in [3.63, 3.8) is 0 Å². The van der Waals surface area contributed by atoms with Crippen LogP contribution in [0.1, 0.15) is 39.2 Å². The summed E-state index contributed by atoms with van der Waals surface area (Å²) in [6.07, 6.45) is 1.27. The quantitative estimate of drug-likeness (QED) is 0.630. The maximum Gasteiger partial charge on any atom is 0.409 e. The van der Waals surface area contributed by atoms with Crippen LogP contribution < -0.4 is 4.90 Å². The van der Waals surface area contributed by atoms with Crippen LogP contribution in [0.15, 0.2) is 23.1 Å². The first kappa shape index (κ1) is 24.5. The van der Waals surface area contributed by atoms with Crippen molar-refractivity contribution in [1.82, 2.24) is 14.1 Å². The number of piperazine rings is 1. The second kappa shape index (κ2) is 9.53. The molecule has 2 atom stereocenters. The predicted octanol–water partition coefficient (Wildman–Crippen LogP) is 1.44. The fourth-order valence-electron chi connectivity index (χ4n) is 5.19. The van der Waals surface area contributed by atoms with Crippen LogP contribution in [-0.4, -0.2) is 91.8 Å². The largest absolute Gasteiger partial charge is 0.450 e. The second-order valence-corrected chi connectivity index (χ2v) is 10.9. The predicted molar refractivity (Wildman–Crippen MR) is 125 cm³/mol.